The Morgan fingerprint density at radius 1 is 1.05 bits per heavy atom. The highest BCUT2D eigenvalue weighted by Crippen LogP contribution is 2.51. The van der Waals surface area contributed by atoms with Crippen LogP contribution in [0.2, 0.25) is 0 Å². The molecule has 0 bridgehead atoms. The molecule has 0 spiro atoms. The van der Waals surface area contributed by atoms with E-state index in [1.807, 2.05) is 0 Å². The first-order chi connectivity index (χ1) is 18.4. The van der Waals surface area contributed by atoms with Crippen LogP contribution in [0.1, 0.15) is 81.4 Å². The Bertz CT molecular complexity index is 1310. The summed E-state index contributed by atoms with van der Waals surface area (Å²) in [6.45, 7) is 12.6. The highest BCUT2D eigenvalue weighted by atomic mass is 16.1. The fraction of sp³-hybridized carbons (Fsp3) is 0.441. The van der Waals surface area contributed by atoms with E-state index >= 15 is 0 Å². The Hall–Kier alpha value is -3.27. The summed E-state index contributed by atoms with van der Waals surface area (Å²) in [5.74, 6) is 2.00. The minimum atomic E-state index is 0.267. The molecule has 3 fully saturated rings. The maximum absolute atomic E-state index is 11.9. The van der Waals surface area contributed by atoms with Crippen molar-refractivity contribution in [1.82, 2.24) is 15.6 Å². The van der Waals surface area contributed by atoms with Gasteiger partial charge in [-0.3, -0.25) is 4.79 Å². The predicted molar refractivity (Wildman–Crippen MR) is 157 cm³/mol. The van der Waals surface area contributed by atoms with Gasteiger partial charge in [0.05, 0.1) is 0 Å². The van der Waals surface area contributed by atoms with Gasteiger partial charge in [0, 0.05) is 46.2 Å². The highest BCUT2D eigenvalue weighted by Gasteiger charge is 2.49. The smallest absolute Gasteiger partial charge is 0.162 e. The zero-order valence-corrected chi connectivity index (χ0v) is 22.5. The molecule has 3 N–H and O–H groups in total. The van der Waals surface area contributed by atoms with Crippen LogP contribution in [-0.4, -0.2) is 16.8 Å². The highest BCUT2D eigenvalue weighted by molar-refractivity contribution is 6.04. The first-order valence-electron chi connectivity index (χ1n) is 14.6. The van der Waals surface area contributed by atoms with Crippen LogP contribution < -0.4 is 10.6 Å². The van der Waals surface area contributed by atoms with E-state index in [0.717, 1.165) is 54.8 Å². The first-order valence-corrected chi connectivity index (χ1v) is 14.6. The second-order valence-corrected chi connectivity index (χ2v) is 12.1. The zero-order valence-electron chi connectivity index (χ0n) is 22.5. The van der Waals surface area contributed by atoms with Crippen molar-refractivity contribution >= 4 is 22.4 Å². The van der Waals surface area contributed by atoms with Gasteiger partial charge in [-0.25, -0.2) is 0 Å². The van der Waals surface area contributed by atoms with Crippen molar-refractivity contribution in [1.29, 1.82) is 0 Å². The maximum atomic E-state index is 11.9. The van der Waals surface area contributed by atoms with Crippen molar-refractivity contribution in [2.75, 3.05) is 0 Å². The van der Waals surface area contributed by atoms with Crippen molar-refractivity contribution < 1.29 is 4.79 Å². The number of nitrogens with one attached hydrogen (secondary N) is 3. The summed E-state index contributed by atoms with van der Waals surface area (Å²) in [5, 5.41) is 8.43. The minimum Gasteiger partial charge on any atom is -0.382 e. The fourth-order valence-electron chi connectivity index (χ4n) is 7.08. The number of allylic oxidation sites excluding steroid dienone is 5. The van der Waals surface area contributed by atoms with E-state index in [1.54, 1.807) is 0 Å². The van der Waals surface area contributed by atoms with Gasteiger partial charge in [-0.15, -0.1) is 0 Å². The Labute approximate surface area is 227 Å². The Morgan fingerprint density at radius 2 is 1.87 bits per heavy atom. The van der Waals surface area contributed by atoms with E-state index in [9.17, 15) is 4.79 Å². The number of aromatic nitrogens is 1. The van der Waals surface area contributed by atoms with Gasteiger partial charge in [0.25, 0.3) is 0 Å². The third kappa shape index (κ3) is 5.06. The number of rotatable bonds is 9. The van der Waals surface area contributed by atoms with E-state index in [0.29, 0.717) is 29.6 Å². The molecular formula is C34H41N3O. The van der Waals surface area contributed by atoms with Crippen molar-refractivity contribution in [3.05, 3.63) is 90.5 Å². The molecule has 4 atom stereocenters. The number of fused-ring (bicyclic) bond motifs is 2. The van der Waals surface area contributed by atoms with Crippen molar-refractivity contribution in [3.8, 4) is 0 Å². The molecule has 0 amide bonds. The van der Waals surface area contributed by atoms with Crippen LogP contribution in [0, 0.1) is 17.8 Å². The van der Waals surface area contributed by atoms with Gasteiger partial charge >= 0.3 is 0 Å². The lowest BCUT2D eigenvalue weighted by Crippen LogP contribution is -2.35. The van der Waals surface area contributed by atoms with E-state index < -0.39 is 0 Å². The molecule has 0 radical (unpaired) electrons. The van der Waals surface area contributed by atoms with Gasteiger partial charge in [-0.1, -0.05) is 63.3 Å². The van der Waals surface area contributed by atoms with Crippen molar-refractivity contribution in [2.45, 2.75) is 76.2 Å². The molecule has 2 aromatic rings. The summed E-state index contributed by atoms with van der Waals surface area (Å²) in [6, 6.07) is 9.47. The first kappa shape index (κ1) is 25.0. The molecule has 4 aliphatic rings. The number of hydrogen-bond acceptors (Lipinski definition) is 3. The minimum absolute atomic E-state index is 0.267. The zero-order chi connectivity index (χ0) is 26.2. The third-order valence-electron chi connectivity index (χ3n) is 9.41. The summed E-state index contributed by atoms with van der Waals surface area (Å²) in [7, 11) is 0. The Kier molecular flexibility index (Phi) is 6.90. The molecule has 4 unspecified atom stereocenters. The second-order valence-electron chi connectivity index (χ2n) is 12.1. The van der Waals surface area contributed by atoms with Gasteiger partial charge in [-0.2, -0.15) is 0 Å². The molecule has 38 heavy (non-hydrogen) atoms. The lowest BCUT2D eigenvalue weighted by atomic mass is 9.71. The average Bonchev–Trinajstić information content (AvgIpc) is 3.55. The van der Waals surface area contributed by atoms with E-state index in [2.05, 4.69) is 77.8 Å². The van der Waals surface area contributed by atoms with Gasteiger partial charge in [-0.05, 0) is 91.5 Å². The molecule has 0 saturated heterocycles. The van der Waals surface area contributed by atoms with Gasteiger partial charge in [0.2, 0.25) is 0 Å². The predicted octanol–water partition coefficient (Wildman–Crippen LogP) is 7.65. The van der Waals surface area contributed by atoms with Gasteiger partial charge in [0.15, 0.2) is 5.78 Å². The number of aromatic amines is 1. The SMILES string of the molecule is C=C(CCC1CC2C(=C)C(=O)C2C1)NC1=CCC(c2cc3ccc(C(=C)NC4CCCCC4)cc3[nH]2)C=C1. The van der Waals surface area contributed by atoms with Crippen LogP contribution in [0.15, 0.2) is 79.2 Å². The average molecular weight is 508 g/mol. The molecule has 1 aromatic carbocycles. The Morgan fingerprint density at radius 3 is 2.63 bits per heavy atom. The molecule has 3 saturated carbocycles. The number of Topliss-reactive ketones (excluding diaryl/α,β-unsaturated/α-hetero) is 1. The number of benzene rings is 1. The number of hydrogen-bond donors (Lipinski definition) is 3. The summed E-state index contributed by atoms with van der Waals surface area (Å²) >= 11 is 0. The largest absolute Gasteiger partial charge is 0.382 e. The Balaban J connectivity index is 1.00. The molecule has 4 aliphatic carbocycles. The van der Waals surface area contributed by atoms with Crippen LogP contribution in [0.3, 0.4) is 0 Å². The lowest BCUT2D eigenvalue weighted by molar-refractivity contribution is -0.125. The molecule has 4 nitrogen and oxygen atoms in total. The maximum Gasteiger partial charge on any atom is 0.162 e. The molecule has 1 heterocycles. The van der Waals surface area contributed by atoms with Crippen molar-refractivity contribution in [2.24, 2.45) is 17.8 Å². The van der Waals surface area contributed by atoms with Crippen molar-refractivity contribution in [3.63, 3.8) is 0 Å². The quantitative estimate of drug-likeness (QED) is 0.306. The topological polar surface area (TPSA) is 56.9 Å². The molecular weight excluding hydrogens is 466 g/mol. The van der Waals surface area contributed by atoms with Gasteiger partial charge < -0.3 is 15.6 Å². The van der Waals surface area contributed by atoms with Crippen LogP contribution >= 0.6 is 0 Å². The van der Waals surface area contributed by atoms with Crippen LogP contribution in [-0.2, 0) is 4.79 Å². The number of ketones is 1. The standard InChI is InChI=1S/C34H41N3O/c1-21(9-10-24-17-30-22(2)34(38)31(30)18-24)35-29-15-13-25(14-16-29)32-20-27-12-11-26(19-33(27)37-32)23(3)36-28-7-5-4-6-8-28/h11-13,15-16,19-20,24-25,28,30-31,35-37H,1-10,14,17-18H2. The number of carbonyl (C=O) groups excluding carboxylic acids is 1. The fourth-order valence-corrected chi connectivity index (χ4v) is 7.08. The normalized spacial score (nSPS) is 27.1. The summed E-state index contributed by atoms with van der Waals surface area (Å²) in [5.41, 5.74) is 7.68. The molecule has 198 valence electrons. The summed E-state index contributed by atoms with van der Waals surface area (Å²) in [4.78, 5) is 15.6. The lowest BCUT2D eigenvalue weighted by Gasteiger charge is -2.30. The monoisotopic (exact) mass is 507 g/mol. The second kappa shape index (κ2) is 10.5. The van der Waals surface area contributed by atoms with E-state index in [1.165, 1.54) is 54.3 Å². The summed E-state index contributed by atoms with van der Waals surface area (Å²) in [6.07, 6.45) is 18.4. The van der Waals surface area contributed by atoms with Crippen LogP contribution in [0.25, 0.3) is 16.6 Å². The number of carbonyl (C=O) groups is 1. The number of H-pyrrole nitrogens is 1. The molecule has 4 heteroatoms. The van der Waals surface area contributed by atoms with Crippen LogP contribution in [0.5, 0.6) is 0 Å². The molecule has 1 aromatic heterocycles. The van der Waals surface area contributed by atoms with Crippen LogP contribution in [0.4, 0.5) is 0 Å². The molecule has 0 aliphatic heterocycles. The van der Waals surface area contributed by atoms with E-state index in [-0.39, 0.29) is 5.92 Å². The third-order valence-corrected chi connectivity index (χ3v) is 9.41. The van der Waals surface area contributed by atoms with E-state index in [4.69, 9.17) is 0 Å². The molecule has 6 rings (SSSR count). The van der Waals surface area contributed by atoms with Gasteiger partial charge in [0.1, 0.15) is 0 Å². The summed E-state index contributed by atoms with van der Waals surface area (Å²) < 4.78 is 0.